The summed E-state index contributed by atoms with van der Waals surface area (Å²) in [6.07, 6.45) is 3.02. The van der Waals surface area contributed by atoms with Crippen LogP contribution >= 0.6 is 22.9 Å². The summed E-state index contributed by atoms with van der Waals surface area (Å²) in [5, 5.41) is 11.4. The molecule has 0 saturated carbocycles. The third kappa shape index (κ3) is 2.74. The van der Waals surface area contributed by atoms with E-state index in [1.807, 2.05) is 13.1 Å². The van der Waals surface area contributed by atoms with E-state index in [0.717, 1.165) is 54.0 Å². The molecule has 2 aromatic heterocycles. The zero-order valence-corrected chi connectivity index (χ0v) is 13.8. The number of aromatic nitrogens is 2. The summed E-state index contributed by atoms with van der Waals surface area (Å²) in [5.41, 5.74) is 1.57. The Balaban J connectivity index is 1.69. The molecule has 1 fully saturated rings. The second kappa shape index (κ2) is 6.00. The minimum atomic E-state index is 0.732. The first kappa shape index (κ1) is 14.3. The smallest absolute Gasteiger partial charge is 0.185 e. The van der Waals surface area contributed by atoms with Crippen molar-refractivity contribution in [2.45, 2.75) is 20.3 Å². The van der Waals surface area contributed by atoms with Crippen molar-refractivity contribution in [1.82, 2.24) is 9.36 Å². The van der Waals surface area contributed by atoms with Crippen molar-refractivity contribution in [3.8, 4) is 6.07 Å². The van der Waals surface area contributed by atoms with Crippen LogP contribution in [0.4, 0.5) is 10.1 Å². The second-order valence-electron chi connectivity index (χ2n) is 5.00. The molecule has 1 aliphatic heterocycles. The highest BCUT2D eigenvalue weighted by molar-refractivity contribution is 7.15. The highest BCUT2D eigenvalue weighted by Crippen LogP contribution is 2.30. The van der Waals surface area contributed by atoms with Crippen LogP contribution in [0.3, 0.4) is 0 Å². The lowest BCUT2D eigenvalue weighted by molar-refractivity contribution is 0.655. The summed E-state index contributed by atoms with van der Waals surface area (Å²) < 4.78 is 4.31. The van der Waals surface area contributed by atoms with E-state index in [0.29, 0.717) is 0 Å². The summed E-state index contributed by atoms with van der Waals surface area (Å²) in [5.74, 6) is 0. The van der Waals surface area contributed by atoms with Crippen molar-refractivity contribution < 1.29 is 0 Å². The van der Waals surface area contributed by atoms with Gasteiger partial charge in [-0.2, -0.15) is 9.64 Å². The van der Waals surface area contributed by atoms with Gasteiger partial charge in [-0.3, -0.25) is 0 Å². The molecule has 0 amide bonds. The average molecular weight is 319 g/mol. The molecule has 3 rings (SSSR count). The van der Waals surface area contributed by atoms with E-state index in [1.165, 1.54) is 16.4 Å². The van der Waals surface area contributed by atoms with E-state index in [9.17, 15) is 5.26 Å². The van der Waals surface area contributed by atoms with Gasteiger partial charge in [0.05, 0.1) is 5.69 Å². The largest absolute Gasteiger partial charge is 0.358 e. The Morgan fingerprint density at radius 2 is 2.00 bits per heavy atom. The molecule has 5 nitrogen and oxygen atoms in total. The van der Waals surface area contributed by atoms with Crippen LogP contribution in [-0.4, -0.2) is 35.5 Å². The van der Waals surface area contributed by atoms with Crippen molar-refractivity contribution in [3.63, 3.8) is 0 Å². The molecule has 1 aliphatic rings. The molecule has 0 spiro atoms. The third-order valence-corrected chi connectivity index (χ3v) is 5.89. The minimum absolute atomic E-state index is 0.732. The monoisotopic (exact) mass is 319 g/mol. The number of thiazole rings is 1. The van der Waals surface area contributed by atoms with Gasteiger partial charge in [0, 0.05) is 37.3 Å². The molecule has 7 heteroatoms. The standard InChI is InChI=1S/C14H17N5S2/c1-3-11-9-16-14(20-11)19-6-4-18(5-7-19)13-12(8-15)10(2)17-21-13/h9H,3-7H2,1-2H3. The van der Waals surface area contributed by atoms with Gasteiger partial charge in [-0.15, -0.1) is 11.3 Å². The van der Waals surface area contributed by atoms with Crippen LogP contribution < -0.4 is 9.80 Å². The van der Waals surface area contributed by atoms with E-state index in [4.69, 9.17) is 0 Å². The molecule has 0 unspecified atom stereocenters. The fraction of sp³-hybridized carbons (Fsp3) is 0.500. The first-order valence-electron chi connectivity index (χ1n) is 7.04. The van der Waals surface area contributed by atoms with Crippen LogP contribution in [0.5, 0.6) is 0 Å². The van der Waals surface area contributed by atoms with Gasteiger partial charge in [0.25, 0.3) is 0 Å². The van der Waals surface area contributed by atoms with Crippen LogP contribution in [0.1, 0.15) is 23.1 Å². The first-order valence-corrected chi connectivity index (χ1v) is 8.63. The van der Waals surface area contributed by atoms with E-state index < -0.39 is 0 Å². The van der Waals surface area contributed by atoms with Crippen LogP contribution in [0.15, 0.2) is 6.20 Å². The zero-order chi connectivity index (χ0) is 14.8. The molecular weight excluding hydrogens is 302 g/mol. The van der Waals surface area contributed by atoms with E-state index in [2.05, 4.69) is 32.2 Å². The van der Waals surface area contributed by atoms with Crippen molar-refractivity contribution in [2.75, 3.05) is 36.0 Å². The SMILES string of the molecule is CCc1cnc(N2CCN(c3snc(C)c3C#N)CC2)s1. The van der Waals surface area contributed by atoms with Gasteiger partial charge >= 0.3 is 0 Å². The molecule has 0 aromatic carbocycles. The topological polar surface area (TPSA) is 56.1 Å². The Labute approximate surface area is 132 Å². The minimum Gasteiger partial charge on any atom is -0.358 e. The molecule has 0 aliphatic carbocycles. The van der Waals surface area contributed by atoms with Gasteiger partial charge in [0.2, 0.25) is 0 Å². The van der Waals surface area contributed by atoms with Gasteiger partial charge in [0.1, 0.15) is 16.6 Å². The number of piperazine rings is 1. The summed E-state index contributed by atoms with van der Waals surface area (Å²) in [6.45, 7) is 7.77. The summed E-state index contributed by atoms with van der Waals surface area (Å²) >= 11 is 3.22. The van der Waals surface area contributed by atoms with Gasteiger partial charge in [-0.1, -0.05) is 6.92 Å². The molecule has 1 saturated heterocycles. The number of nitrogens with zero attached hydrogens (tertiary/aromatic N) is 5. The van der Waals surface area contributed by atoms with E-state index in [-0.39, 0.29) is 0 Å². The van der Waals surface area contributed by atoms with Gasteiger partial charge in [0.15, 0.2) is 5.13 Å². The number of rotatable bonds is 3. The van der Waals surface area contributed by atoms with E-state index in [1.54, 1.807) is 11.3 Å². The zero-order valence-electron chi connectivity index (χ0n) is 12.2. The molecule has 0 N–H and O–H groups in total. The normalized spacial score (nSPS) is 15.3. The van der Waals surface area contributed by atoms with Gasteiger partial charge < -0.3 is 9.80 Å². The maximum Gasteiger partial charge on any atom is 0.185 e. The van der Waals surface area contributed by atoms with Crippen LogP contribution in [0.25, 0.3) is 0 Å². The quantitative estimate of drug-likeness (QED) is 0.870. The number of nitriles is 1. The maximum atomic E-state index is 9.25. The van der Waals surface area contributed by atoms with Crippen LogP contribution in [-0.2, 0) is 6.42 Å². The van der Waals surface area contributed by atoms with Gasteiger partial charge in [-0.05, 0) is 24.9 Å². The molecular formula is C14H17N5S2. The molecule has 3 heterocycles. The molecule has 0 bridgehead atoms. The molecule has 0 atom stereocenters. The number of hydrogen-bond acceptors (Lipinski definition) is 7. The van der Waals surface area contributed by atoms with Crippen molar-refractivity contribution in [3.05, 3.63) is 22.3 Å². The fourth-order valence-corrected chi connectivity index (χ4v) is 4.21. The second-order valence-corrected chi connectivity index (χ2v) is 6.84. The van der Waals surface area contributed by atoms with Crippen molar-refractivity contribution in [2.24, 2.45) is 0 Å². The number of anilines is 2. The van der Waals surface area contributed by atoms with Crippen molar-refractivity contribution >= 4 is 33.0 Å². The van der Waals surface area contributed by atoms with Gasteiger partial charge in [-0.25, -0.2) is 4.98 Å². The van der Waals surface area contributed by atoms with Crippen LogP contribution in [0.2, 0.25) is 0 Å². The Morgan fingerprint density at radius 1 is 1.29 bits per heavy atom. The summed E-state index contributed by atoms with van der Waals surface area (Å²) in [6, 6.07) is 2.28. The lowest BCUT2D eigenvalue weighted by Crippen LogP contribution is -2.46. The molecule has 0 radical (unpaired) electrons. The maximum absolute atomic E-state index is 9.25. The predicted molar refractivity (Wildman–Crippen MR) is 87.5 cm³/mol. The summed E-state index contributed by atoms with van der Waals surface area (Å²) in [4.78, 5) is 10.4. The van der Waals surface area contributed by atoms with E-state index >= 15 is 0 Å². The highest BCUT2D eigenvalue weighted by Gasteiger charge is 2.23. The Kier molecular flexibility index (Phi) is 4.08. The first-order chi connectivity index (χ1) is 10.2. The highest BCUT2D eigenvalue weighted by atomic mass is 32.1. The Hall–Kier alpha value is -1.65. The predicted octanol–water partition coefficient (Wildman–Crippen LogP) is 2.67. The third-order valence-electron chi connectivity index (χ3n) is 3.68. The lowest BCUT2D eigenvalue weighted by Gasteiger charge is -2.35. The Morgan fingerprint density at radius 3 is 2.62 bits per heavy atom. The average Bonchev–Trinajstić information content (AvgIpc) is 3.13. The molecule has 110 valence electrons. The van der Waals surface area contributed by atoms with Crippen molar-refractivity contribution in [1.29, 1.82) is 5.26 Å². The number of hydrogen-bond donors (Lipinski definition) is 0. The fourth-order valence-electron chi connectivity index (χ4n) is 2.41. The molecule has 2 aromatic rings. The molecule has 21 heavy (non-hydrogen) atoms. The lowest BCUT2D eigenvalue weighted by atomic mass is 10.2. The summed E-state index contributed by atoms with van der Waals surface area (Å²) in [7, 11) is 0. The number of aryl methyl sites for hydroxylation is 2. The Bertz CT molecular complexity index is 661. The van der Waals surface area contributed by atoms with Crippen LogP contribution in [0, 0.1) is 18.3 Å².